The van der Waals surface area contributed by atoms with Crippen LogP contribution in [0.5, 0.6) is 5.75 Å². The van der Waals surface area contributed by atoms with Gasteiger partial charge < -0.3 is 30.7 Å². The van der Waals surface area contributed by atoms with Crippen molar-refractivity contribution in [2.45, 2.75) is 70.9 Å². The molecule has 1 unspecified atom stereocenters. The number of piperidine rings is 1. The summed E-state index contributed by atoms with van der Waals surface area (Å²) in [5, 5.41) is 23.4. The molecule has 3 aliphatic rings. The van der Waals surface area contributed by atoms with E-state index in [1.165, 1.54) is 28.6 Å². The summed E-state index contributed by atoms with van der Waals surface area (Å²) < 4.78 is 79.9. The number of nitrogens with zero attached hydrogens (tertiary/aromatic N) is 1. The normalized spacial score (nSPS) is 21.3. The molecule has 1 saturated carbocycles. The molecule has 2 saturated heterocycles. The van der Waals surface area contributed by atoms with E-state index < -0.39 is 48.7 Å². The average molecular weight is 704 g/mol. The fourth-order valence-corrected chi connectivity index (χ4v) is 9.87. The first-order valence-corrected chi connectivity index (χ1v) is 19.1. The molecule has 260 valence electrons. The molecule has 6 rings (SSSR count). The Balaban J connectivity index is 0.990. The van der Waals surface area contributed by atoms with Crippen LogP contribution in [0.4, 0.5) is 4.39 Å². The zero-order valence-electron chi connectivity index (χ0n) is 26.6. The molecular weight excluding hydrogens is 662 g/mol. The SMILES string of the molecule is NCc1ccc(-c2ccc(F)c(S(=O)(=O)N3CCC4(CC3)C[C@H](NCC(O)COc3cccc(S(=O)(=O)C5(CO)CC5)c3)CO4)c2)cc1. The van der Waals surface area contributed by atoms with Crippen LogP contribution in [0.25, 0.3) is 11.1 Å². The van der Waals surface area contributed by atoms with Crippen molar-refractivity contribution >= 4 is 19.9 Å². The standard InChI is InChI=1S/C34H42FN3O8S2/c35-31-9-8-26(25-6-4-24(19-36)5-7-25)16-32(31)48(43,44)38-14-12-33(13-15-38)18-27(21-46-33)37-20-28(40)22-45-29-2-1-3-30(17-29)47(41,42)34(23-39)10-11-34/h1-9,16-17,27-28,37,39-40H,10-15,18-23,36H2/t27-,28?/m0/s1. The van der Waals surface area contributed by atoms with Gasteiger partial charge in [0, 0.05) is 32.2 Å². The van der Waals surface area contributed by atoms with E-state index >= 15 is 0 Å². The second kappa shape index (κ2) is 13.8. The Labute approximate surface area is 280 Å². The molecule has 11 nitrogen and oxygen atoms in total. The van der Waals surface area contributed by atoms with Crippen molar-refractivity contribution in [2.24, 2.45) is 5.73 Å². The topological polar surface area (TPSA) is 168 Å². The number of rotatable bonds is 13. The largest absolute Gasteiger partial charge is 0.491 e. The van der Waals surface area contributed by atoms with E-state index in [1.807, 2.05) is 24.3 Å². The van der Waals surface area contributed by atoms with Gasteiger partial charge in [-0.15, -0.1) is 0 Å². The fraction of sp³-hybridized carbons (Fsp3) is 0.471. The van der Waals surface area contributed by atoms with Gasteiger partial charge in [0.15, 0.2) is 9.84 Å². The van der Waals surface area contributed by atoms with Crippen molar-refractivity contribution in [3.63, 3.8) is 0 Å². The van der Waals surface area contributed by atoms with Crippen LogP contribution < -0.4 is 15.8 Å². The van der Waals surface area contributed by atoms with Gasteiger partial charge in [0.25, 0.3) is 0 Å². The minimum absolute atomic E-state index is 0.0655. The van der Waals surface area contributed by atoms with Crippen LogP contribution in [0.3, 0.4) is 0 Å². The van der Waals surface area contributed by atoms with Crippen LogP contribution >= 0.6 is 0 Å². The Morgan fingerprint density at radius 2 is 1.71 bits per heavy atom. The quantitative estimate of drug-likeness (QED) is 0.208. The molecule has 0 bridgehead atoms. The molecule has 48 heavy (non-hydrogen) atoms. The smallest absolute Gasteiger partial charge is 0.246 e. The summed E-state index contributed by atoms with van der Waals surface area (Å²) in [6.07, 6.45) is 1.50. The van der Waals surface area contributed by atoms with Gasteiger partial charge in [-0.2, -0.15) is 4.31 Å². The summed E-state index contributed by atoms with van der Waals surface area (Å²) in [6.45, 7) is 0.882. The monoisotopic (exact) mass is 703 g/mol. The fourth-order valence-electron chi connectivity index (χ4n) is 6.50. The molecular formula is C34H42FN3O8S2. The second-order valence-corrected chi connectivity index (χ2v) is 17.3. The third-order valence-electron chi connectivity index (χ3n) is 9.78. The number of benzene rings is 3. The number of hydrogen-bond donors (Lipinski definition) is 4. The van der Waals surface area contributed by atoms with Crippen LogP contribution in [0.15, 0.2) is 76.5 Å². The number of nitrogens with two attached hydrogens (primary N) is 1. The first-order chi connectivity index (χ1) is 22.9. The molecule has 5 N–H and O–H groups in total. The molecule has 1 aliphatic carbocycles. The highest BCUT2D eigenvalue weighted by molar-refractivity contribution is 7.93. The number of hydrogen-bond acceptors (Lipinski definition) is 10. The number of sulfonamides is 1. The van der Waals surface area contributed by atoms with E-state index in [9.17, 15) is 31.4 Å². The van der Waals surface area contributed by atoms with E-state index in [1.54, 1.807) is 18.2 Å². The lowest BCUT2D eigenvalue weighted by Gasteiger charge is -2.38. The summed E-state index contributed by atoms with van der Waals surface area (Å²) in [5.41, 5.74) is 7.46. The lowest BCUT2D eigenvalue weighted by atomic mass is 9.88. The van der Waals surface area contributed by atoms with Crippen molar-refractivity contribution in [1.82, 2.24) is 9.62 Å². The van der Waals surface area contributed by atoms with Crippen LogP contribution in [-0.4, -0.2) is 93.3 Å². The first kappa shape index (κ1) is 34.9. The van der Waals surface area contributed by atoms with Crippen LogP contribution in [0.1, 0.15) is 37.7 Å². The average Bonchev–Trinajstić information content (AvgIpc) is 3.83. The Morgan fingerprint density at radius 3 is 2.38 bits per heavy atom. The number of sulfone groups is 1. The Kier molecular flexibility index (Phi) is 10.00. The van der Waals surface area contributed by atoms with Crippen molar-refractivity contribution in [2.75, 3.05) is 39.5 Å². The van der Waals surface area contributed by atoms with Gasteiger partial charge in [-0.1, -0.05) is 36.4 Å². The van der Waals surface area contributed by atoms with E-state index in [4.69, 9.17) is 15.2 Å². The molecule has 2 aliphatic heterocycles. The van der Waals surface area contributed by atoms with E-state index in [0.29, 0.717) is 56.6 Å². The van der Waals surface area contributed by atoms with Gasteiger partial charge in [0.05, 0.1) is 28.5 Å². The van der Waals surface area contributed by atoms with E-state index in [0.717, 1.165) is 11.1 Å². The molecule has 1 spiro atoms. The third-order valence-corrected chi connectivity index (χ3v) is 14.2. The Bertz CT molecular complexity index is 1830. The van der Waals surface area contributed by atoms with Crippen LogP contribution in [-0.2, 0) is 31.1 Å². The molecule has 3 aromatic rings. The van der Waals surface area contributed by atoms with Gasteiger partial charge >= 0.3 is 0 Å². The lowest BCUT2D eigenvalue weighted by molar-refractivity contribution is -0.0312. The first-order valence-electron chi connectivity index (χ1n) is 16.1. The lowest BCUT2D eigenvalue weighted by Crippen LogP contribution is -2.47. The molecule has 0 radical (unpaired) electrons. The summed E-state index contributed by atoms with van der Waals surface area (Å²) in [6, 6.07) is 17.5. The highest BCUT2D eigenvalue weighted by atomic mass is 32.2. The Morgan fingerprint density at radius 1 is 1.00 bits per heavy atom. The van der Waals surface area contributed by atoms with E-state index in [2.05, 4.69) is 5.32 Å². The van der Waals surface area contributed by atoms with Gasteiger partial charge in [0.2, 0.25) is 10.0 Å². The van der Waals surface area contributed by atoms with Gasteiger partial charge in [-0.05, 0) is 79.1 Å². The van der Waals surface area contributed by atoms with Crippen LogP contribution in [0.2, 0.25) is 0 Å². The number of halogens is 1. The van der Waals surface area contributed by atoms with Gasteiger partial charge in [-0.25, -0.2) is 21.2 Å². The number of nitrogens with one attached hydrogen (secondary N) is 1. The second-order valence-electron chi connectivity index (χ2n) is 13.0. The van der Waals surface area contributed by atoms with Crippen molar-refractivity contribution in [3.8, 4) is 16.9 Å². The number of aliphatic hydroxyl groups excluding tert-OH is 2. The zero-order valence-corrected chi connectivity index (χ0v) is 28.2. The maximum atomic E-state index is 14.9. The zero-order chi connectivity index (χ0) is 34.2. The maximum Gasteiger partial charge on any atom is 0.246 e. The molecule has 3 aromatic carbocycles. The molecule has 2 atom stereocenters. The third kappa shape index (κ3) is 7.03. The molecule has 3 fully saturated rings. The highest BCUT2D eigenvalue weighted by Gasteiger charge is 2.54. The summed E-state index contributed by atoms with van der Waals surface area (Å²) in [4.78, 5) is -0.272. The molecule has 2 heterocycles. The molecule has 0 amide bonds. The van der Waals surface area contributed by atoms with Crippen molar-refractivity contribution < 1.29 is 40.9 Å². The van der Waals surface area contributed by atoms with Gasteiger partial charge in [-0.3, -0.25) is 0 Å². The number of aliphatic hydroxyl groups is 2. The van der Waals surface area contributed by atoms with Gasteiger partial charge in [0.1, 0.15) is 29.2 Å². The summed E-state index contributed by atoms with van der Waals surface area (Å²) in [5.74, 6) is -0.492. The predicted molar refractivity (Wildman–Crippen MR) is 177 cm³/mol. The Hall–Kier alpha value is -2.95. The van der Waals surface area contributed by atoms with Crippen molar-refractivity contribution in [1.29, 1.82) is 0 Å². The number of ether oxygens (including phenoxy) is 2. The highest BCUT2D eigenvalue weighted by Crippen LogP contribution is 2.46. The molecule has 0 aromatic heterocycles. The molecule has 14 heteroatoms. The minimum atomic E-state index is -4.09. The predicted octanol–water partition coefficient (Wildman–Crippen LogP) is 2.59. The van der Waals surface area contributed by atoms with Crippen molar-refractivity contribution in [3.05, 3.63) is 78.1 Å². The summed E-state index contributed by atoms with van der Waals surface area (Å²) >= 11 is 0. The minimum Gasteiger partial charge on any atom is -0.491 e. The maximum absolute atomic E-state index is 14.9. The van der Waals surface area contributed by atoms with E-state index in [-0.39, 0.29) is 42.1 Å². The van der Waals surface area contributed by atoms with Crippen LogP contribution in [0, 0.1) is 5.82 Å². The summed E-state index contributed by atoms with van der Waals surface area (Å²) in [7, 11) is -7.78.